The van der Waals surface area contributed by atoms with Gasteiger partial charge in [0.05, 0.1) is 6.61 Å². The molecule has 19 heavy (non-hydrogen) atoms. The number of hydrogen-bond acceptors (Lipinski definition) is 6. The van der Waals surface area contributed by atoms with Gasteiger partial charge < -0.3 is 29.9 Å². The standard InChI is InChI=1S/C13H26O6/c1-2-3-4-5-6-7-18-13-12(17)11(16)10(15)9(8-14)19-13/h9-17H,2-8H2,1H3/t9?,10-,11-,12?,13?/m0/s1. The lowest BCUT2D eigenvalue weighted by Gasteiger charge is -2.39. The molecule has 3 unspecified atom stereocenters. The zero-order valence-electron chi connectivity index (χ0n) is 11.4. The molecule has 4 N–H and O–H groups in total. The van der Waals surface area contributed by atoms with Crippen molar-refractivity contribution in [2.45, 2.75) is 69.7 Å². The van der Waals surface area contributed by atoms with Crippen molar-refractivity contribution >= 4 is 0 Å². The second-order valence-corrected chi connectivity index (χ2v) is 4.98. The van der Waals surface area contributed by atoms with Gasteiger partial charge in [-0.25, -0.2) is 0 Å². The van der Waals surface area contributed by atoms with E-state index < -0.39 is 37.3 Å². The van der Waals surface area contributed by atoms with Crippen molar-refractivity contribution < 1.29 is 29.9 Å². The van der Waals surface area contributed by atoms with Crippen LogP contribution in [0.4, 0.5) is 0 Å². The molecule has 1 rings (SSSR count). The summed E-state index contributed by atoms with van der Waals surface area (Å²) in [6, 6.07) is 0. The summed E-state index contributed by atoms with van der Waals surface area (Å²) in [4.78, 5) is 0. The molecule has 0 aromatic rings. The minimum absolute atomic E-state index is 0.423. The van der Waals surface area contributed by atoms with Crippen LogP contribution in [0.5, 0.6) is 0 Å². The zero-order chi connectivity index (χ0) is 14.3. The highest BCUT2D eigenvalue weighted by atomic mass is 16.7. The molecule has 5 atom stereocenters. The highest BCUT2D eigenvalue weighted by Gasteiger charge is 2.43. The summed E-state index contributed by atoms with van der Waals surface area (Å²) < 4.78 is 10.6. The fourth-order valence-corrected chi connectivity index (χ4v) is 2.11. The fraction of sp³-hybridized carbons (Fsp3) is 1.00. The van der Waals surface area contributed by atoms with Crippen LogP contribution in [-0.2, 0) is 9.47 Å². The van der Waals surface area contributed by atoms with E-state index in [4.69, 9.17) is 14.6 Å². The van der Waals surface area contributed by atoms with Gasteiger partial charge in [0.25, 0.3) is 0 Å². The molecule has 0 aromatic carbocycles. The lowest BCUT2D eigenvalue weighted by atomic mass is 9.99. The van der Waals surface area contributed by atoms with Gasteiger partial charge in [0.1, 0.15) is 24.4 Å². The number of hydrogen-bond donors (Lipinski definition) is 4. The predicted octanol–water partition coefficient (Wildman–Crippen LogP) is -0.227. The third-order valence-corrected chi connectivity index (χ3v) is 3.38. The molecule has 0 saturated carbocycles. The first kappa shape index (κ1) is 16.8. The molecule has 1 aliphatic rings. The van der Waals surface area contributed by atoms with Crippen molar-refractivity contribution in [2.24, 2.45) is 0 Å². The van der Waals surface area contributed by atoms with E-state index in [1.807, 2.05) is 0 Å². The largest absolute Gasteiger partial charge is 0.394 e. The molecule has 1 saturated heterocycles. The molecule has 0 bridgehead atoms. The molecular weight excluding hydrogens is 252 g/mol. The molecule has 6 heteroatoms. The fourth-order valence-electron chi connectivity index (χ4n) is 2.11. The molecule has 1 fully saturated rings. The van der Waals surface area contributed by atoms with E-state index in [1.54, 1.807) is 0 Å². The van der Waals surface area contributed by atoms with Gasteiger partial charge in [-0.05, 0) is 6.42 Å². The lowest BCUT2D eigenvalue weighted by Crippen LogP contribution is -2.59. The van der Waals surface area contributed by atoms with E-state index in [9.17, 15) is 15.3 Å². The second kappa shape index (κ2) is 8.84. The maximum Gasteiger partial charge on any atom is 0.186 e. The van der Waals surface area contributed by atoms with Crippen molar-refractivity contribution in [3.8, 4) is 0 Å². The Bertz CT molecular complexity index is 235. The Morgan fingerprint density at radius 1 is 0.947 bits per heavy atom. The summed E-state index contributed by atoms with van der Waals surface area (Å²) in [5, 5.41) is 37.9. The van der Waals surface area contributed by atoms with E-state index in [-0.39, 0.29) is 0 Å². The van der Waals surface area contributed by atoms with Gasteiger partial charge in [-0.2, -0.15) is 0 Å². The van der Waals surface area contributed by atoms with Crippen LogP contribution in [0.25, 0.3) is 0 Å². The van der Waals surface area contributed by atoms with Crippen LogP contribution in [0.15, 0.2) is 0 Å². The van der Waals surface area contributed by atoms with E-state index >= 15 is 0 Å². The molecule has 0 aromatic heterocycles. The van der Waals surface area contributed by atoms with Crippen LogP contribution < -0.4 is 0 Å². The molecule has 114 valence electrons. The van der Waals surface area contributed by atoms with Crippen LogP contribution in [-0.4, -0.2) is 64.3 Å². The maximum atomic E-state index is 9.72. The number of ether oxygens (including phenoxy) is 2. The van der Waals surface area contributed by atoms with Crippen LogP contribution in [0.2, 0.25) is 0 Å². The Kier molecular flexibility index (Phi) is 7.82. The van der Waals surface area contributed by atoms with E-state index in [0.29, 0.717) is 6.61 Å². The summed E-state index contributed by atoms with van der Waals surface area (Å²) in [7, 11) is 0. The molecular formula is C13H26O6. The normalized spacial score (nSPS) is 35.5. The molecule has 0 amide bonds. The number of unbranched alkanes of at least 4 members (excludes halogenated alkanes) is 4. The van der Waals surface area contributed by atoms with Crippen molar-refractivity contribution in [1.29, 1.82) is 0 Å². The quantitative estimate of drug-likeness (QED) is 0.458. The summed E-state index contributed by atoms with van der Waals surface area (Å²) in [5.41, 5.74) is 0. The van der Waals surface area contributed by atoms with Crippen LogP contribution in [0.3, 0.4) is 0 Å². The number of rotatable bonds is 8. The van der Waals surface area contributed by atoms with Gasteiger partial charge in [0.2, 0.25) is 0 Å². The molecule has 1 heterocycles. The molecule has 0 radical (unpaired) electrons. The summed E-state index contributed by atoms with van der Waals surface area (Å²) in [6.07, 6.45) is -0.471. The summed E-state index contributed by atoms with van der Waals surface area (Å²) >= 11 is 0. The van der Waals surface area contributed by atoms with E-state index in [2.05, 4.69) is 6.92 Å². The first-order chi connectivity index (χ1) is 9.11. The molecule has 0 spiro atoms. The summed E-state index contributed by atoms with van der Waals surface area (Å²) in [6.45, 7) is 2.14. The monoisotopic (exact) mass is 278 g/mol. The van der Waals surface area contributed by atoms with Crippen molar-refractivity contribution in [3.63, 3.8) is 0 Å². The Labute approximate surface area is 114 Å². The van der Waals surface area contributed by atoms with Crippen molar-refractivity contribution in [3.05, 3.63) is 0 Å². The number of aliphatic hydroxyl groups is 4. The Morgan fingerprint density at radius 2 is 1.63 bits per heavy atom. The first-order valence-electron chi connectivity index (χ1n) is 7.04. The van der Waals surface area contributed by atoms with Gasteiger partial charge in [-0.15, -0.1) is 0 Å². The Morgan fingerprint density at radius 3 is 2.26 bits per heavy atom. The van der Waals surface area contributed by atoms with Crippen molar-refractivity contribution in [1.82, 2.24) is 0 Å². The highest BCUT2D eigenvalue weighted by molar-refractivity contribution is 4.88. The third-order valence-electron chi connectivity index (χ3n) is 3.38. The van der Waals surface area contributed by atoms with E-state index in [1.165, 1.54) is 12.8 Å². The lowest BCUT2D eigenvalue weighted by molar-refractivity contribution is -0.301. The average Bonchev–Trinajstić information content (AvgIpc) is 2.42. The van der Waals surface area contributed by atoms with Crippen LogP contribution >= 0.6 is 0 Å². The number of aliphatic hydroxyl groups excluding tert-OH is 4. The van der Waals surface area contributed by atoms with Crippen LogP contribution in [0.1, 0.15) is 39.0 Å². The molecule has 1 aliphatic heterocycles. The maximum absolute atomic E-state index is 9.72. The molecule has 6 nitrogen and oxygen atoms in total. The highest BCUT2D eigenvalue weighted by Crippen LogP contribution is 2.22. The van der Waals surface area contributed by atoms with Gasteiger partial charge in [-0.1, -0.05) is 32.6 Å². The third kappa shape index (κ3) is 4.98. The van der Waals surface area contributed by atoms with Gasteiger partial charge in [-0.3, -0.25) is 0 Å². The minimum atomic E-state index is -1.36. The second-order valence-electron chi connectivity index (χ2n) is 4.98. The van der Waals surface area contributed by atoms with Gasteiger partial charge in [0, 0.05) is 6.61 Å². The van der Waals surface area contributed by atoms with Gasteiger partial charge in [0.15, 0.2) is 6.29 Å². The minimum Gasteiger partial charge on any atom is -0.394 e. The smallest absolute Gasteiger partial charge is 0.186 e. The van der Waals surface area contributed by atoms with E-state index in [0.717, 1.165) is 19.3 Å². The Balaban J connectivity index is 2.28. The Hall–Kier alpha value is -0.240. The zero-order valence-corrected chi connectivity index (χ0v) is 11.4. The molecule has 0 aliphatic carbocycles. The average molecular weight is 278 g/mol. The van der Waals surface area contributed by atoms with Crippen molar-refractivity contribution in [2.75, 3.05) is 13.2 Å². The van der Waals surface area contributed by atoms with Crippen LogP contribution in [0, 0.1) is 0 Å². The summed E-state index contributed by atoms with van der Waals surface area (Å²) in [5.74, 6) is 0. The van der Waals surface area contributed by atoms with Gasteiger partial charge >= 0.3 is 0 Å². The predicted molar refractivity (Wildman–Crippen MR) is 68.5 cm³/mol. The topological polar surface area (TPSA) is 99.4 Å². The SMILES string of the molecule is CCCCCCCOC1OC(CO)[C@H](O)[C@H](O)C1O. The first-order valence-corrected chi connectivity index (χ1v) is 7.04.